The van der Waals surface area contributed by atoms with Gasteiger partial charge in [0.1, 0.15) is 0 Å². The van der Waals surface area contributed by atoms with Crippen LogP contribution >= 0.6 is 0 Å². The molecule has 2 atom stereocenters. The second-order valence-corrected chi connectivity index (χ2v) is 18.9. The van der Waals surface area contributed by atoms with Gasteiger partial charge in [0.2, 0.25) is 0 Å². The van der Waals surface area contributed by atoms with E-state index < -0.39 is 0 Å². The van der Waals surface area contributed by atoms with Gasteiger partial charge in [0.05, 0.1) is 21.5 Å². The summed E-state index contributed by atoms with van der Waals surface area (Å²) in [5.74, 6) is 0. The Morgan fingerprint density at radius 2 is 0.703 bits per heavy atom. The third-order valence-electron chi connectivity index (χ3n) is 14.9. The second-order valence-electron chi connectivity index (χ2n) is 18.9. The van der Waals surface area contributed by atoms with Crippen LogP contribution in [0.4, 0.5) is 0 Å². The first kappa shape index (κ1) is 42.1. The molecule has 326 valence electrons. The minimum absolute atomic E-state index is 0.159. The molecule has 0 fully saturated rings. The lowest BCUT2D eigenvalue weighted by molar-refractivity contribution is 0.397. The molecule has 0 radical (unpaired) electrons. The van der Waals surface area contributed by atoms with Gasteiger partial charge in [-0.1, -0.05) is 178 Å². The second kappa shape index (κ2) is 17.3. The average molecular weight is 849 g/mol. The Hall–Kier alpha value is -5.88. The van der Waals surface area contributed by atoms with Crippen molar-refractivity contribution in [3.8, 4) is 0 Å². The van der Waals surface area contributed by atoms with E-state index >= 15 is 9.59 Å². The topological polar surface area (TPSA) is 78.1 Å². The molecular formula is C58H60N2O4. The molecular weight excluding hydrogens is 789 g/mol. The predicted octanol–water partition coefficient (Wildman–Crippen LogP) is 14.8. The zero-order chi connectivity index (χ0) is 44.2. The highest BCUT2D eigenvalue weighted by Crippen LogP contribution is 2.47. The molecule has 2 aromatic heterocycles. The lowest BCUT2D eigenvalue weighted by atomic mass is 9.85. The zero-order valence-corrected chi connectivity index (χ0v) is 38.1. The molecule has 6 nitrogen and oxygen atoms in total. The van der Waals surface area contributed by atoms with Crippen molar-refractivity contribution in [3.05, 3.63) is 126 Å². The van der Waals surface area contributed by atoms with E-state index in [-0.39, 0.29) is 34.3 Å². The third kappa shape index (κ3) is 6.49. The van der Waals surface area contributed by atoms with Crippen molar-refractivity contribution in [3.63, 3.8) is 0 Å². The van der Waals surface area contributed by atoms with E-state index in [9.17, 15) is 9.59 Å². The van der Waals surface area contributed by atoms with Crippen molar-refractivity contribution in [2.45, 2.75) is 143 Å². The number of hydrogen-bond donors (Lipinski definition) is 0. The molecule has 64 heavy (non-hydrogen) atoms. The SMILES string of the molecule is CCCCCCCC(CCC)n1c(=O)c2c3ccccc3c3cc4ccc5cc6c7ccccc7c7c(=O)n(C(CCC)CCCCCCC)c(=O)c7c6c6ccc(c3c2c1=O)c4c56. The Bertz CT molecular complexity index is 3380. The van der Waals surface area contributed by atoms with Gasteiger partial charge in [0, 0.05) is 22.9 Å². The number of unbranched alkanes of at least 4 members (excludes halogenated alkanes) is 8. The molecule has 0 spiro atoms. The molecule has 10 aromatic rings. The first-order valence-corrected chi connectivity index (χ1v) is 24.6. The van der Waals surface area contributed by atoms with Crippen molar-refractivity contribution >= 4 is 97.0 Å². The molecule has 2 heterocycles. The van der Waals surface area contributed by atoms with E-state index in [0.717, 1.165) is 140 Å². The lowest BCUT2D eigenvalue weighted by Gasteiger charge is -2.18. The Morgan fingerprint density at radius 1 is 0.328 bits per heavy atom. The third-order valence-corrected chi connectivity index (χ3v) is 14.9. The van der Waals surface area contributed by atoms with Gasteiger partial charge >= 0.3 is 0 Å². The highest BCUT2D eigenvalue weighted by Gasteiger charge is 2.29. The van der Waals surface area contributed by atoms with Gasteiger partial charge < -0.3 is 0 Å². The van der Waals surface area contributed by atoms with Crippen LogP contribution in [0.2, 0.25) is 0 Å². The van der Waals surface area contributed by atoms with Gasteiger partial charge in [-0.05, 0) is 102 Å². The van der Waals surface area contributed by atoms with Crippen LogP contribution in [0.25, 0.3) is 97.0 Å². The Balaban J connectivity index is 1.29. The summed E-state index contributed by atoms with van der Waals surface area (Å²) in [5, 5.41) is 15.1. The van der Waals surface area contributed by atoms with Crippen molar-refractivity contribution < 1.29 is 0 Å². The monoisotopic (exact) mass is 848 g/mol. The van der Waals surface area contributed by atoms with Crippen molar-refractivity contribution in [1.29, 1.82) is 0 Å². The van der Waals surface area contributed by atoms with E-state index in [1.165, 1.54) is 38.5 Å². The molecule has 8 aromatic carbocycles. The van der Waals surface area contributed by atoms with E-state index in [0.29, 0.717) is 21.5 Å². The molecule has 10 rings (SSSR count). The van der Waals surface area contributed by atoms with E-state index in [4.69, 9.17) is 0 Å². The highest BCUT2D eigenvalue weighted by molar-refractivity contribution is 6.42. The summed E-state index contributed by atoms with van der Waals surface area (Å²) in [6, 6.07) is 28.8. The first-order valence-electron chi connectivity index (χ1n) is 24.6. The Labute approximate surface area is 373 Å². The number of fused-ring (bicyclic) bond motifs is 14. The van der Waals surface area contributed by atoms with Crippen molar-refractivity contribution in [2.24, 2.45) is 0 Å². The molecule has 6 heteroatoms. The van der Waals surface area contributed by atoms with Crippen molar-refractivity contribution in [1.82, 2.24) is 9.13 Å². The summed E-state index contributed by atoms with van der Waals surface area (Å²) in [6.07, 6.45) is 16.2. The maximum atomic E-state index is 15.1. The maximum Gasteiger partial charge on any atom is 0.262 e. The van der Waals surface area contributed by atoms with Crippen LogP contribution in [0.1, 0.15) is 143 Å². The molecule has 0 aliphatic carbocycles. The van der Waals surface area contributed by atoms with E-state index in [1.807, 2.05) is 36.4 Å². The number of nitrogens with zero attached hydrogens (tertiary/aromatic N) is 2. The molecule has 0 bridgehead atoms. The fraction of sp³-hybridized carbons (Fsp3) is 0.379. The predicted molar refractivity (Wildman–Crippen MR) is 273 cm³/mol. The molecule has 0 aliphatic heterocycles. The fourth-order valence-corrected chi connectivity index (χ4v) is 11.9. The minimum Gasteiger partial charge on any atom is -0.271 e. The number of hydrogen-bond acceptors (Lipinski definition) is 4. The lowest BCUT2D eigenvalue weighted by Crippen LogP contribution is -2.30. The van der Waals surface area contributed by atoms with Crippen molar-refractivity contribution in [2.75, 3.05) is 0 Å². The van der Waals surface area contributed by atoms with Gasteiger partial charge in [-0.3, -0.25) is 28.3 Å². The summed E-state index contributed by atoms with van der Waals surface area (Å²) in [5.41, 5.74) is -0.744. The van der Waals surface area contributed by atoms with Crippen LogP contribution in [0.5, 0.6) is 0 Å². The van der Waals surface area contributed by atoms with E-state index in [1.54, 1.807) is 9.13 Å². The normalized spacial score (nSPS) is 13.5. The van der Waals surface area contributed by atoms with Crippen LogP contribution in [0.15, 0.2) is 104 Å². The average Bonchev–Trinajstić information content (AvgIpc) is 3.73. The largest absolute Gasteiger partial charge is 0.271 e. The van der Waals surface area contributed by atoms with Gasteiger partial charge in [-0.15, -0.1) is 0 Å². The van der Waals surface area contributed by atoms with Crippen LogP contribution in [-0.4, -0.2) is 9.13 Å². The number of benzene rings is 8. The van der Waals surface area contributed by atoms with Gasteiger partial charge in [-0.2, -0.15) is 0 Å². The maximum absolute atomic E-state index is 15.1. The zero-order valence-electron chi connectivity index (χ0n) is 38.1. The molecule has 0 saturated carbocycles. The smallest absolute Gasteiger partial charge is 0.262 e. The number of aromatic nitrogens is 2. The number of rotatable bonds is 18. The fourth-order valence-electron chi connectivity index (χ4n) is 11.9. The minimum atomic E-state index is -0.191. The molecule has 0 N–H and O–H groups in total. The molecule has 0 aliphatic rings. The van der Waals surface area contributed by atoms with Crippen LogP contribution < -0.4 is 22.2 Å². The summed E-state index contributed by atoms with van der Waals surface area (Å²) in [4.78, 5) is 60.0. The van der Waals surface area contributed by atoms with Gasteiger partial charge in [0.15, 0.2) is 0 Å². The molecule has 0 amide bonds. The first-order chi connectivity index (χ1) is 31.3. The molecule has 0 saturated heterocycles. The van der Waals surface area contributed by atoms with Crippen LogP contribution in [-0.2, 0) is 0 Å². The van der Waals surface area contributed by atoms with Gasteiger partial charge in [-0.25, -0.2) is 0 Å². The Kier molecular flexibility index (Phi) is 11.3. The summed E-state index contributed by atoms with van der Waals surface area (Å²) in [6.45, 7) is 8.71. The van der Waals surface area contributed by atoms with E-state index in [2.05, 4.69) is 76.2 Å². The Morgan fingerprint density at radius 3 is 1.09 bits per heavy atom. The quantitative estimate of drug-likeness (QED) is 0.0489. The summed E-state index contributed by atoms with van der Waals surface area (Å²) in [7, 11) is 0. The summed E-state index contributed by atoms with van der Waals surface area (Å²) >= 11 is 0. The molecule has 2 unspecified atom stereocenters. The van der Waals surface area contributed by atoms with Gasteiger partial charge in [0.25, 0.3) is 22.2 Å². The summed E-state index contributed by atoms with van der Waals surface area (Å²) < 4.78 is 3.23. The highest BCUT2D eigenvalue weighted by atomic mass is 16.2. The van der Waals surface area contributed by atoms with Crippen LogP contribution in [0.3, 0.4) is 0 Å². The van der Waals surface area contributed by atoms with Crippen LogP contribution in [0, 0.1) is 0 Å². The standard InChI is InChI=1S/C58H60N2O4/c1-5-9-11-13-15-23-37(21-7-3)59-55(61)51-41-27-19-17-25-39(41)45-33-35-29-30-36-34-46-40-26-18-20-28-42(40)52-54(58(64)60(56(52)62)38(22-8-4)24-16-14-12-10-6-2)50(46)44-32-31-43(47(35)48(36)44)49(45)53(51)57(59)63/h17-20,25-34,37-38H,5-16,21-24H2,1-4H3.